The third kappa shape index (κ3) is 4.72. The number of halogens is 1. The third-order valence-electron chi connectivity index (χ3n) is 2.81. The van der Waals surface area contributed by atoms with Crippen LogP contribution in [0.3, 0.4) is 0 Å². The molecule has 0 aliphatic heterocycles. The normalized spacial score (nSPS) is 12.1. The summed E-state index contributed by atoms with van der Waals surface area (Å²) in [4.78, 5) is 0. The molecule has 1 aromatic rings. The van der Waals surface area contributed by atoms with Crippen LogP contribution in [0.5, 0.6) is 0 Å². The van der Waals surface area contributed by atoms with Gasteiger partial charge in [0.05, 0.1) is 12.1 Å². The lowest BCUT2D eigenvalue weighted by atomic mass is 10.1. The van der Waals surface area contributed by atoms with Gasteiger partial charge in [0, 0.05) is 11.0 Å². The standard InChI is InChI=1S/C15H20FNS/c1-11(2)12(3)18-10-13-6-7-15(16)14(9-13)5-4-8-17/h6-7,9,11-12H,8,10,17H2,1-3H3. The number of benzene rings is 1. The largest absolute Gasteiger partial charge is 0.320 e. The molecule has 0 bridgehead atoms. The Morgan fingerprint density at radius 2 is 2.06 bits per heavy atom. The summed E-state index contributed by atoms with van der Waals surface area (Å²) in [5, 5.41) is 0.591. The van der Waals surface area contributed by atoms with Gasteiger partial charge in [-0.05, 0) is 23.6 Å². The van der Waals surface area contributed by atoms with Crippen LogP contribution in [-0.4, -0.2) is 11.8 Å². The van der Waals surface area contributed by atoms with Crippen molar-refractivity contribution in [2.75, 3.05) is 6.54 Å². The lowest BCUT2D eigenvalue weighted by Crippen LogP contribution is -2.05. The second-order valence-electron chi connectivity index (χ2n) is 4.58. The predicted octanol–water partition coefficient (Wildman–Crippen LogP) is 3.41. The van der Waals surface area contributed by atoms with Crippen LogP contribution in [0.4, 0.5) is 4.39 Å². The van der Waals surface area contributed by atoms with Crippen LogP contribution in [0, 0.1) is 23.6 Å². The van der Waals surface area contributed by atoms with E-state index >= 15 is 0 Å². The van der Waals surface area contributed by atoms with E-state index in [0.29, 0.717) is 16.7 Å². The SMILES string of the molecule is CC(C)C(C)SCc1ccc(F)c(C#CCN)c1. The van der Waals surface area contributed by atoms with E-state index in [4.69, 9.17) is 5.73 Å². The fourth-order valence-corrected chi connectivity index (χ4v) is 2.34. The summed E-state index contributed by atoms with van der Waals surface area (Å²) < 4.78 is 13.5. The van der Waals surface area contributed by atoms with Crippen LogP contribution < -0.4 is 5.73 Å². The van der Waals surface area contributed by atoms with Crippen molar-refractivity contribution in [1.82, 2.24) is 0 Å². The Morgan fingerprint density at radius 3 is 2.67 bits per heavy atom. The second-order valence-corrected chi connectivity index (χ2v) is 5.95. The van der Waals surface area contributed by atoms with Crippen molar-refractivity contribution in [2.45, 2.75) is 31.8 Å². The number of rotatable bonds is 4. The summed E-state index contributed by atoms with van der Waals surface area (Å²) in [6.45, 7) is 6.89. The Bertz CT molecular complexity index is 446. The molecule has 1 unspecified atom stereocenters. The number of thioether (sulfide) groups is 1. The maximum atomic E-state index is 13.5. The molecule has 1 nitrogen and oxygen atoms in total. The first-order valence-electron chi connectivity index (χ1n) is 6.13. The summed E-state index contributed by atoms with van der Waals surface area (Å²) in [7, 11) is 0. The van der Waals surface area contributed by atoms with E-state index in [0.717, 1.165) is 11.3 Å². The van der Waals surface area contributed by atoms with Crippen LogP contribution in [0.1, 0.15) is 31.9 Å². The maximum Gasteiger partial charge on any atom is 0.138 e. The van der Waals surface area contributed by atoms with Crippen molar-refractivity contribution < 1.29 is 4.39 Å². The Hall–Kier alpha value is -0.980. The fourth-order valence-electron chi connectivity index (χ4n) is 1.32. The van der Waals surface area contributed by atoms with Crippen molar-refractivity contribution in [1.29, 1.82) is 0 Å². The summed E-state index contributed by atoms with van der Waals surface area (Å²) in [6, 6.07) is 5.12. The number of hydrogen-bond acceptors (Lipinski definition) is 2. The Balaban J connectivity index is 2.73. The van der Waals surface area contributed by atoms with Gasteiger partial charge in [0.25, 0.3) is 0 Å². The molecule has 1 rings (SSSR count). The minimum atomic E-state index is -0.276. The Kier molecular flexibility index (Phi) is 6.24. The van der Waals surface area contributed by atoms with Crippen molar-refractivity contribution >= 4 is 11.8 Å². The molecular weight excluding hydrogens is 245 g/mol. The topological polar surface area (TPSA) is 26.0 Å². The average molecular weight is 265 g/mol. The van der Waals surface area contributed by atoms with Gasteiger partial charge in [-0.3, -0.25) is 0 Å². The summed E-state index contributed by atoms with van der Waals surface area (Å²) in [5.74, 6) is 6.71. The third-order valence-corrected chi connectivity index (χ3v) is 4.38. The predicted molar refractivity (Wildman–Crippen MR) is 77.9 cm³/mol. The molecule has 0 heterocycles. The van der Waals surface area contributed by atoms with Crippen LogP contribution in [-0.2, 0) is 5.75 Å². The van der Waals surface area contributed by atoms with Gasteiger partial charge < -0.3 is 5.73 Å². The zero-order valence-corrected chi connectivity index (χ0v) is 12.0. The van der Waals surface area contributed by atoms with E-state index in [1.807, 2.05) is 23.9 Å². The molecule has 0 saturated heterocycles. The molecule has 98 valence electrons. The minimum Gasteiger partial charge on any atom is -0.320 e. The zero-order chi connectivity index (χ0) is 13.5. The van der Waals surface area contributed by atoms with E-state index in [1.54, 1.807) is 0 Å². The summed E-state index contributed by atoms with van der Waals surface area (Å²) in [6.07, 6.45) is 0. The number of hydrogen-bond donors (Lipinski definition) is 1. The number of nitrogens with two attached hydrogens (primary N) is 1. The molecule has 3 heteroatoms. The van der Waals surface area contributed by atoms with Gasteiger partial charge in [0.15, 0.2) is 0 Å². The second kappa shape index (κ2) is 7.45. The maximum absolute atomic E-state index is 13.5. The highest BCUT2D eigenvalue weighted by Crippen LogP contribution is 2.23. The van der Waals surface area contributed by atoms with Crippen LogP contribution >= 0.6 is 11.8 Å². The zero-order valence-electron chi connectivity index (χ0n) is 11.2. The summed E-state index contributed by atoms with van der Waals surface area (Å²) in [5.41, 5.74) is 6.84. The Morgan fingerprint density at radius 1 is 1.33 bits per heavy atom. The van der Waals surface area contributed by atoms with E-state index in [1.165, 1.54) is 6.07 Å². The van der Waals surface area contributed by atoms with Crippen molar-refractivity contribution in [3.05, 3.63) is 35.1 Å². The van der Waals surface area contributed by atoms with Crippen LogP contribution in [0.2, 0.25) is 0 Å². The highest BCUT2D eigenvalue weighted by molar-refractivity contribution is 7.99. The fraction of sp³-hybridized carbons (Fsp3) is 0.467. The molecule has 0 radical (unpaired) electrons. The van der Waals surface area contributed by atoms with E-state index < -0.39 is 0 Å². The lowest BCUT2D eigenvalue weighted by molar-refractivity contribution is 0.623. The highest BCUT2D eigenvalue weighted by Gasteiger charge is 2.08. The van der Waals surface area contributed by atoms with Gasteiger partial charge in [-0.25, -0.2) is 4.39 Å². The minimum absolute atomic E-state index is 0.253. The van der Waals surface area contributed by atoms with Gasteiger partial charge in [0.1, 0.15) is 5.82 Å². The molecule has 0 fully saturated rings. The van der Waals surface area contributed by atoms with Gasteiger partial charge >= 0.3 is 0 Å². The highest BCUT2D eigenvalue weighted by atomic mass is 32.2. The van der Waals surface area contributed by atoms with Gasteiger partial charge in [-0.1, -0.05) is 38.7 Å². The summed E-state index contributed by atoms with van der Waals surface area (Å²) >= 11 is 1.88. The first kappa shape index (κ1) is 15.1. The molecule has 18 heavy (non-hydrogen) atoms. The molecule has 0 spiro atoms. The molecule has 1 aromatic carbocycles. The first-order chi connectivity index (χ1) is 8.54. The lowest BCUT2D eigenvalue weighted by Gasteiger charge is -2.14. The van der Waals surface area contributed by atoms with Crippen molar-refractivity contribution in [3.63, 3.8) is 0 Å². The van der Waals surface area contributed by atoms with Crippen LogP contribution in [0.25, 0.3) is 0 Å². The molecule has 0 aromatic heterocycles. The van der Waals surface area contributed by atoms with E-state index in [2.05, 4.69) is 32.6 Å². The van der Waals surface area contributed by atoms with Gasteiger partial charge in [0.2, 0.25) is 0 Å². The van der Waals surface area contributed by atoms with Crippen molar-refractivity contribution in [2.24, 2.45) is 11.7 Å². The quantitative estimate of drug-likeness (QED) is 0.844. The molecule has 2 N–H and O–H groups in total. The molecule has 0 aliphatic carbocycles. The van der Waals surface area contributed by atoms with Crippen LogP contribution in [0.15, 0.2) is 18.2 Å². The molecule has 0 saturated carbocycles. The van der Waals surface area contributed by atoms with Gasteiger partial charge in [-0.2, -0.15) is 11.8 Å². The van der Waals surface area contributed by atoms with E-state index in [9.17, 15) is 4.39 Å². The average Bonchev–Trinajstić information content (AvgIpc) is 2.35. The molecular formula is C15H20FNS. The first-order valence-corrected chi connectivity index (χ1v) is 7.18. The smallest absolute Gasteiger partial charge is 0.138 e. The van der Waals surface area contributed by atoms with Gasteiger partial charge in [-0.15, -0.1) is 0 Å². The van der Waals surface area contributed by atoms with Crippen molar-refractivity contribution in [3.8, 4) is 11.8 Å². The molecule has 0 aliphatic rings. The van der Waals surface area contributed by atoms with E-state index in [-0.39, 0.29) is 12.4 Å². The molecule has 1 atom stereocenters. The monoisotopic (exact) mass is 265 g/mol. The Labute approximate surface area is 113 Å². The molecule has 0 amide bonds.